The van der Waals surface area contributed by atoms with Crippen LogP contribution in [0.5, 0.6) is 0 Å². The average molecular weight is 305 g/mol. The average Bonchev–Trinajstić information content (AvgIpc) is 2.92. The third kappa shape index (κ3) is 2.53. The van der Waals surface area contributed by atoms with Gasteiger partial charge in [0.15, 0.2) is 0 Å². The van der Waals surface area contributed by atoms with Crippen molar-refractivity contribution in [1.82, 2.24) is 0 Å². The van der Waals surface area contributed by atoms with E-state index in [1.807, 2.05) is 0 Å². The number of sulfonamides is 1. The topological polar surface area (TPSA) is 86.5 Å². The van der Waals surface area contributed by atoms with Gasteiger partial charge in [0.25, 0.3) is 5.92 Å². The van der Waals surface area contributed by atoms with Gasteiger partial charge in [0.1, 0.15) is 5.92 Å². The third-order valence-electron chi connectivity index (χ3n) is 3.16. The molecule has 0 spiro atoms. The van der Waals surface area contributed by atoms with Crippen LogP contribution in [0.4, 0.5) is 8.78 Å². The maximum atomic E-state index is 13.6. The second-order valence-corrected chi connectivity index (χ2v) is 6.06. The summed E-state index contributed by atoms with van der Waals surface area (Å²) in [5, 5.41) is 4.92. The van der Waals surface area contributed by atoms with Crippen LogP contribution in [0, 0.1) is 5.92 Å². The lowest BCUT2D eigenvalue weighted by Crippen LogP contribution is -2.12. The zero-order valence-electron chi connectivity index (χ0n) is 10.5. The van der Waals surface area contributed by atoms with E-state index in [2.05, 4.69) is 4.74 Å². The highest BCUT2D eigenvalue weighted by Crippen LogP contribution is 2.62. The van der Waals surface area contributed by atoms with Gasteiger partial charge >= 0.3 is 5.97 Å². The number of primary sulfonamides is 1. The summed E-state index contributed by atoms with van der Waals surface area (Å²) < 4.78 is 54.0. The SMILES string of the molecule is CCOC(=O)[C@H]1[C@H](c2ccc(S(N)(=O)=O)cc2)C1(F)F. The molecule has 0 bridgehead atoms. The number of rotatable bonds is 4. The summed E-state index contributed by atoms with van der Waals surface area (Å²) in [4.78, 5) is 11.2. The Hall–Kier alpha value is -1.54. The zero-order valence-corrected chi connectivity index (χ0v) is 11.4. The van der Waals surface area contributed by atoms with Crippen LogP contribution in [0.25, 0.3) is 0 Å². The maximum Gasteiger partial charge on any atom is 0.315 e. The van der Waals surface area contributed by atoms with Crippen LogP contribution in [-0.2, 0) is 19.6 Å². The highest BCUT2D eigenvalue weighted by atomic mass is 32.2. The molecule has 1 aliphatic rings. The van der Waals surface area contributed by atoms with Gasteiger partial charge in [-0.05, 0) is 24.6 Å². The van der Waals surface area contributed by atoms with Crippen molar-refractivity contribution in [1.29, 1.82) is 0 Å². The predicted octanol–water partition coefficient (Wildman–Crippen LogP) is 1.25. The van der Waals surface area contributed by atoms with Crippen LogP contribution in [0.1, 0.15) is 18.4 Å². The first-order chi connectivity index (χ1) is 9.19. The second-order valence-electron chi connectivity index (χ2n) is 4.50. The first kappa shape index (κ1) is 14.9. The second kappa shape index (κ2) is 4.78. The fourth-order valence-corrected chi connectivity index (χ4v) is 2.65. The van der Waals surface area contributed by atoms with Crippen molar-refractivity contribution in [3.63, 3.8) is 0 Å². The number of hydrogen-bond acceptors (Lipinski definition) is 4. The normalized spacial score (nSPS) is 24.2. The minimum absolute atomic E-state index is 0.0302. The lowest BCUT2D eigenvalue weighted by atomic mass is 10.1. The molecule has 1 aromatic carbocycles. The monoisotopic (exact) mass is 305 g/mol. The molecule has 0 aliphatic heterocycles. The molecule has 8 heteroatoms. The van der Waals surface area contributed by atoms with E-state index in [0.717, 1.165) is 12.1 Å². The largest absolute Gasteiger partial charge is 0.466 e. The van der Waals surface area contributed by atoms with E-state index in [0.29, 0.717) is 0 Å². The molecule has 1 aliphatic carbocycles. The molecule has 1 fully saturated rings. The first-order valence-electron chi connectivity index (χ1n) is 5.86. The fraction of sp³-hybridized carbons (Fsp3) is 0.417. The molecule has 0 amide bonds. The lowest BCUT2D eigenvalue weighted by molar-refractivity contribution is -0.147. The number of carbonyl (C=O) groups is 1. The Morgan fingerprint density at radius 3 is 2.35 bits per heavy atom. The fourth-order valence-electron chi connectivity index (χ4n) is 2.13. The van der Waals surface area contributed by atoms with Crippen molar-refractivity contribution in [2.45, 2.75) is 23.7 Å². The minimum atomic E-state index is -3.87. The molecule has 0 radical (unpaired) electrons. The van der Waals surface area contributed by atoms with Crippen LogP contribution in [0.3, 0.4) is 0 Å². The molecule has 2 N–H and O–H groups in total. The van der Waals surface area contributed by atoms with Crippen molar-refractivity contribution >= 4 is 16.0 Å². The van der Waals surface area contributed by atoms with Crippen LogP contribution in [0.15, 0.2) is 29.2 Å². The molecule has 2 atom stereocenters. The number of alkyl halides is 2. The van der Waals surface area contributed by atoms with Crippen LogP contribution in [-0.4, -0.2) is 26.9 Å². The van der Waals surface area contributed by atoms with E-state index in [4.69, 9.17) is 5.14 Å². The third-order valence-corrected chi connectivity index (χ3v) is 4.09. The Kier molecular flexibility index (Phi) is 3.55. The smallest absolute Gasteiger partial charge is 0.315 e. The summed E-state index contributed by atoms with van der Waals surface area (Å²) in [6.45, 7) is 1.57. The van der Waals surface area contributed by atoms with Crippen molar-refractivity contribution in [3.8, 4) is 0 Å². The number of esters is 1. The van der Waals surface area contributed by atoms with Crippen LogP contribution >= 0.6 is 0 Å². The molecule has 1 aromatic rings. The number of carbonyl (C=O) groups excluding carboxylic acids is 1. The summed E-state index contributed by atoms with van der Waals surface area (Å²) in [6, 6.07) is 4.75. The Morgan fingerprint density at radius 1 is 1.35 bits per heavy atom. The van der Waals surface area contributed by atoms with E-state index in [1.54, 1.807) is 0 Å². The molecule has 20 heavy (non-hydrogen) atoms. The van der Waals surface area contributed by atoms with Crippen molar-refractivity contribution in [2.75, 3.05) is 6.61 Å². The van der Waals surface area contributed by atoms with E-state index in [1.165, 1.54) is 19.1 Å². The molecule has 0 heterocycles. The van der Waals surface area contributed by atoms with Gasteiger partial charge in [0.2, 0.25) is 10.0 Å². The van der Waals surface area contributed by atoms with Gasteiger partial charge in [-0.3, -0.25) is 4.79 Å². The highest BCUT2D eigenvalue weighted by molar-refractivity contribution is 7.89. The van der Waals surface area contributed by atoms with Gasteiger partial charge in [-0.1, -0.05) is 12.1 Å². The molecule has 0 saturated heterocycles. The molecule has 0 aromatic heterocycles. The maximum absolute atomic E-state index is 13.6. The van der Waals surface area contributed by atoms with E-state index in [-0.39, 0.29) is 17.1 Å². The van der Waals surface area contributed by atoms with Gasteiger partial charge in [0, 0.05) is 0 Å². The zero-order chi connectivity index (χ0) is 15.1. The van der Waals surface area contributed by atoms with Gasteiger partial charge < -0.3 is 4.74 Å². The van der Waals surface area contributed by atoms with E-state index < -0.39 is 33.8 Å². The van der Waals surface area contributed by atoms with Crippen molar-refractivity contribution < 1.29 is 26.7 Å². The highest BCUT2D eigenvalue weighted by Gasteiger charge is 2.73. The number of hydrogen-bond donors (Lipinski definition) is 1. The van der Waals surface area contributed by atoms with Crippen LogP contribution in [0.2, 0.25) is 0 Å². The Balaban J connectivity index is 2.23. The predicted molar refractivity (Wildman–Crippen MR) is 65.6 cm³/mol. The standard InChI is InChI=1S/C12H13F2NO4S/c1-2-19-11(16)10-9(12(10,13)14)7-3-5-8(6-4-7)20(15,17)18/h3-6,9-10H,2H2,1H3,(H2,15,17,18)/t9-,10+/m0/s1. The van der Waals surface area contributed by atoms with Gasteiger partial charge in [-0.2, -0.15) is 0 Å². The lowest BCUT2D eigenvalue weighted by Gasteiger charge is -2.01. The molecular weight excluding hydrogens is 292 g/mol. The summed E-state index contributed by atoms with van der Waals surface area (Å²) in [5.41, 5.74) is 0.181. The minimum Gasteiger partial charge on any atom is -0.466 e. The van der Waals surface area contributed by atoms with Gasteiger partial charge in [-0.15, -0.1) is 0 Å². The summed E-state index contributed by atoms with van der Waals surface area (Å²) >= 11 is 0. The first-order valence-corrected chi connectivity index (χ1v) is 7.41. The number of benzene rings is 1. The number of halogens is 2. The molecule has 1 saturated carbocycles. The van der Waals surface area contributed by atoms with Gasteiger partial charge in [0.05, 0.1) is 17.4 Å². The van der Waals surface area contributed by atoms with E-state index in [9.17, 15) is 22.0 Å². The molecule has 110 valence electrons. The summed E-state index contributed by atoms with van der Waals surface area (Å²) in [5.74, 6) is -6.91. The van der Waals surface area contributed by atoms with Gasteiger partial charge in [-0.25, -0.2) is 22.3 Å². The van der Waals surface area contributed by atoms with E-state index >= 15 is 0 Å². The van der Waals surface area contributed by atoms with Crippen molar-refractivity contribution in [2.24, 2.45) is 11.1 Å². The molecule has 0 unspecified atom stereocenters. The quantitative estimate of drug-likeness (QED) is 0.848. The number of nitrogens with two attached hydrogens (primary N) is 1. The Bertz CT molecular complexity index is 627. The molecular formula is C12H13F2NO4S. The number of ether oxygens (including phenoxy) is 1. The molecule has 5 nitrogen and oxygen atoms in total. The Labute approximate surface area is 114 Å². The molecule has 2 rings (SSSR count). The van der Waals surface area contributed by atoms with Crippen molar-refractivity contribution in [3.05, 3.63) is 29.8 Å². The summed E-state index contributed by atoms with van der Waals surface area (Å²) in [6.07, 6.45) is 0. The summed E-state index contributed by atoms with van der Waals surface area (Å²) in [7, 11) is -3.87. The Morgan fingerprint density at radius 2 is 1.90 bits per heavy atom. The van der Waals surface area contributed by atoms with Crippen LogP contribution < -0.4 is 5.14 Å².